The Morgan fingerprint density at radius 2 is 2.15 bits per heavy atom. The van der Waals surface area contributed by atoms with E-state index in [1.807, 2.05) is 12.3 Å². The van der Waals surface area contributed by atoms with Crippen LogP contribution >= 0.6 is 0 Å². The summed E-state index contributed by atoms with van der Waals surface area (Å²) < 4.78 is 0. The van der Waals surface area contributed by atoms with Crippen LogP contribution in [0.5, 0.6) is 0 Å². The average Bonchev–Trinajstić information content (AvgIpc) is 2.12. The van der Waals surface area contributed by atoms with E-state index in [2.05, 4.69) is 36.9 Å². The first-order valence-corrected chi connectivity index (χ1v) is 4.24. The van der Waals surface area contributed by atoms with Crippen molar-refractivity contribution >= 4 is 6.21 Å². The lowest BCUT2D eigenvalue weighted by molar-refractivity contribution is 1.29. The van der Waals surface area contributed by atoms with E-state index in [9.17, 15) is 0 Å². The lowest BCUT2D eigenvalue weighted by Gasteiger charge is -1.99. The monoisotopic (exact) mass is 171 g/mol. The van der Waals surface area contributed by atoms with Crippen LogP contribution < -0.4 is 0 Å². The number of aryl methyl sites for hydroxylation is 2. The lowest BCUT2D eigenvalue weighted by Crippen LogP contribution is -1.86. The van der Waals surface area contributed by atoms with Crippen LogP contribution in [0.2, 0.25) is 0 Å². The zero-order valence-electron chi connectivity index (χ0n) is 8.04. The van der Waals surface area contributed by atoms with Crippen molar-refractivity contribution in [1.82, 2.24) is 0 Å². The second-order valence-corrected chi connectivity index (χ2v) is 3.02. The molecule has 0 N–H and O–H groups in total. The minimum absolute atomic E-state index is 0.451. The Morgan fingerprint density at radius 1 is 1.38 bits per heavy atom. The van der Waals surface area contributed by atoms with Gasteiger partial charge in [0.15, 0.2) is 0 Å². The van der Waals surface area contributed by atoms with Crippen molar-refractivity contribution in [2.75, 3.05) is 6.54 Å². The minimum atomic E-state index is 0.451. The summed E-state index contributed by atoms with van der Waals surface area (Å²) in [5.74, 6) is 2.47. The molecule has 1 nitrogen and oxygen atoms in total. The van der Waals surface area contributed by atoms with Crippen LogP contribution in [0, 0.1) is 26.2 Å². The van der Waals surface area contributed by atoms with Gasteiger partial charge in [-0.1, -0.05) is 24.1 Å². The van der Waals surface area contributed by atoms with Gasteiger partial charge >= 0.3 is 0 Å². The van der Waals surface area contributed by atoms with Crippen molar-refractivity contribution in [2.24, 2.45) is 4.99 Å². The molecule has 0 aliphatic rings. The maximum Gasteiger partial charge on any atom is 0.0995 e. The third-order valence-corrected chi connectivity index (χ3v) is 1.95. The number of rotatable bonds is 2. The molecule has 0 amide bonds. The molecule has 13 heavy (non-hydrogen) atoms. The van der Waals surface area contributed by atoms with Gasteiger partial charge in [-0.2, -0.15) is 0 Å². The van der Waals surface area contributed by atoms with Gasteiger partial charge in [-0.15, -0.1) is 6.42 Å². The van der Waals surface area contributed by atoms with Gasteiger partial charge in [-0.05, 0) is 30.5 Å². The fourth-order valence-corrected chi connectivity index (χ4v) is 1.05. The molecule has 0 aliphatic heterocycles. The fourth-order valence-electron chi connectivity index (χ4n) is 1.05. The molecule has 1 aromatic carbocycles. The molecule has 1 aromatic rings. The Balaban J connectivity index is 2.81. The maximum atomic E-state index is 5.08. The van der Waals surface area contributed by atoms with Crippen LogP contribution in [0.4, 0.5) is 0 Å². The first-order chi connectivity index (χ1) is 6.24. The molecular formula is C12H13N. The number of benzene rings is 1. The lowest BCUT2D eigenvalue weighted by atomic mass is 10.1. The topological polar surface area (TPSA) is 12.4 Å². The third-order valence-electron chi connectivity index (χ3n) is 1.95. The van der Waals surface area contributed by atoms with Crippen molar-refractivity contribution in [2.45, 2.75) is 13.8 Å². The minimum Gasteiger partial charge on any atom is -0.280 e. The van der Waals surface area contributed by atoms with Crippen LogP contribution in [-0.2, 0) is 0 Å². The van der Waals surface area contributed by atoms with Crippen LogP contribution in [0.1, 0.15) is 16.7 Å². The average molecular weight is 171 g/mol. The zero-order valence-corrected chi connectivity index (χ0v) is 8.04. The smallest absolute Gasteiger partial charge is 0.0995 e. The van der Waals surface area contributed by atoms with Crippen molar-refractivity contribution < 1.29 is 0 Å². The highest BCUT2D eigenvalue weighted by Crippen LogP contribution is 2.07. The standard InChI is InChI=1S/C12H13N/c1-4-7-13-9-12-6-5-10(2)11(3)8-12/h1,5-6,8-9H,7H2,2-3H3. The predicted octanol–water partition coefficient (Wildman–Crippen LogP) is 2.36. The summed E-state index contributed by atoms with van der Waals surface area (Å²) >= 11 is 0. The molecule has 1 rings (SSSR count). The second-order valence-electron chi connectivity index (χ2n) is 3.02. The largest absolute Gasteiger partial charge is 0.280 e. The normalized spacial score (nSPS) is 10.2. The Morgan fingerprint density at radius 3 is 2.77 bits per heavy atom. The van der Waals surface area contributed by atoms with Crippen molar-refractivity contribution in [3.63, 3.8) is 0 Å². The molecule has 0 fully saturated rings. The molecule has 0 saturated carbocycles. The van der Waals surface area contributed by atoms with Gasteiger partial charge < -0.3 is 0 Å². The molecule has 0 aliphatic carbocycles. The van der Waals surface area contributed by atoms with E-state index < -0.39 is 0 Å². The summed E-state index contributed by atoms with van der Waals surface area (Å²) in [6.45, 7) is 4.64. The fraction of sp³-hybridized carbons (Fsp3) is 0.250. The SMILES string of the molecule is C#CCN=Cc1ccc(C)c(C)c1. The number of terminal acetylenes is 1. The Kier molecular flexibility index (Phi) is 3.28. The molecular weight excluding hydrogens is 158 g/mol. The second kappa shape index (κ2) is 4.47. The van der Waals surface area contributed by atoms with E-state index in [1.54, 1.807) is 0 Å². The summed E-state index contributed by atoms with van der Waals surface area (Å²) in [6.07, 6.45) is 6.89. The highest BCUT2D eigenvalue weighted by molar-refractivity contribution is 5.80. The zero-order chi connectivity index (χ0) is 9.68. The van der Waals surface area contributed by atoms with E-state index >= 15 is 0 Å². The Labute approximate surface area is 79.5 Å². The summed E-state index contributed by atoms with van der Waals surface area (Å²) in [6, 6.07) is 6.24. The Bertz CT molecular complexity index is 356. The van der Waals surface area contributed by atoms with E-state index in [-0.39, 0.29) is 0 Å². The van der Waals surface area contributed by atoms with Crippen LogP contribution in [0.3, 0.4) is 0 Å². The van der Waals surface area contributed by atoms with E-state index in [4.69, 9.17) is 6.42 Å². The highest BCUT2D eigenvalue weighted by Gasteiger charge is 1.92. The van der Waals surface area contributed by atoms with Gasteiger partial charge in [-0.3, -0.25) is 4.99 Å². The predicted molar refractivity (Wildman–Crippen MR) is 57.2 cm³/mol. The molecule has 0 heterocycles. The summed E-state index contributed by atoms with van der Waals surface area (Å²) in [5.41, 5.74) is 3.69. The van der Waals surface area contributed by atoms with E-state index in [0.717, 1.165) is 5.56 Å². The Hall–Kier alpha value is -1.55. The molecule has 0 atom stereocenters. The molecule has 66 valence electrons. The number of nitrogens with zero attached hydrogens (tertiary/aromatic N) is 1. The molecule has 1 heteroatoms. The molecule has 0 spiro atoms. The van der Waals surface area contributed by atoms with E-state index in [0.29, 0.717) is 6.54 Å². The van der Waals surface area contributed by atoms with Crippen LogP contribution in [0.25, 0.3) is 0 Å². The molecule has 0 radical (unpaired) electrons. The van der Waals surface area contributed by atoms with Gasteiger partial charge in [0.1, 0.15) is 0 Å². The number of aliphatic imine (C=N–C) groups is 1. The highest BCUT2D eigenvalue weighted by atomic mass is 14.7. The van der Waals surface area contributed by atoms with Crippen molar-refractivity contribution in [1.29, 1.82) is 0 Å². The van der Waals surface area contributed by atoms with Gasteiger partial charge in [0.25, 0.3) is 0 Å². The van der Waals surface area contributed by atoms with Crippen LogP contribution in [-0.4, -0.2) is 12.8 Å². The third kappa shape index (κ3) is 2.76. The quantitative estimate of drug-likeness (QED) is 0.478. The molecule has 0 aromatic heterocycles. The van der Waals surface area contributed by atoms with Crippen molar-refractivity contribution in [3.05, 3.63) is 34.9 Å². The summed E-state index contributed by atoms with van der Waals surface area (Å²) in [5, 5.41) is 0. The van der Waals surface area contributed by atoms with Gasteiger partial charge in [-0.25, -0.2) is 0 Å². The van der Waals surface area contributed by atoms with E-state index in [1.165, 1.54) is 11.1 Å². The summed E-state index contributed by atoms with van der Waals surface area (Å²) in [4.78, 5) is 4.07. The first kappa shape index (κ1) is 9.54. The maximum absolute atomic E-state index is 5.08. The van der Waals surface area contributed by atoms with Gasteiger partial charge in [0, 0.05) is 6.21 Å². The van der Waals surface area contributed by atoms with Gasteiger partial charge in [0.05, 0.1) is 6.54 Å². The first-order valence-electron chi connectivity index (χ1n) is 4.24. The summed E-state index contributed by atoms with van der Waals surface area (Å²) in [7, 11) is 0. The molecule has 0 saturated heterocycles. The number of hydrogen-bond donors (Lipinski definition) is 0. The molecule has 0 unspecified atom stereocenters. The van der Waals surface area contributed by atoms with Gasteiger partial charge in [0.2, 0.25) is 0 Å². The van der Waals surface area contributed by atoms with Crippen LogP contribution in [0.15, 0.2) is 23.2 Å². The van der Waals surface area contributed by atoms with Crippen molar-refractivity contribution in [3.8, 4) is 12.3 Å². The molecule has 0 bridgehead atoms. The number of hydrogen-bond acceptors (Lipinski definition) is 1.